The molecule has 0 radical (unpaired) electrons. The predicted molar refractivity (Wildman–Crippen MR) is 110 cm³/mol. The number of carbonyl (C=O) groups excluding carboxylic acids is 1. The van der Waals surface area contributed by atoms with E-state index < -0.39 is 4.92 Å². The average molecular weight is 389 g/mol. The van der Waals surface area contributed by atoms with Crippen LogP contribution in [0.3, 0.4) is 0 Å². The van der Waals surface area contributed by atoms with Gasteiger partial charge in [-0.05, 0) is 35.4 Å². The number of amides is 1. The van der Waals surface area contributed by atoms with Gasteiger partial charge in [0.15, 0.2) is 0 Å². The second kappa shape index (κ2) is 9.80. The molecule has 0 aliphatic heterocycles. The highest BCUT2D eigenvalue weighted by atomic mass is 16.6. The molecule has 0 heterocycles. The summed E-state index contributed by atoms with van der Waals surface area (Å²) < 4.78 is 5.80. The standard InChI is InChI=1S/C22H19N3O4/c26-22(14-17-6-2-1-3-7-17)24-23-15-19-8-4-5-9-21(19)29-16-18-10-12-20(13-11-18)25(27)28/h1-13,15H,14,16H2,(H,24,26)/b23-15-. The third-order valence-electron chi connectivity index (χ3n) is 4.06. The van der Waals surface area contributed by atoms with Gasteiger partial charge in [-0.15, -0.1) is 0 Å². The van der Waals surface area contributed by atoms with Crippen LogP contribution < -0.4 is 10.2 Å². The zero-order valence-corrected chi connectivity index (χ0v) is 15.5. The number of para-hydroxylation sites is 1. The molecule has 7 heteroatoms. The lowest BCUT2D eigenvalue weighted by atomic mass is 10.1. The van der Waals surface area contributed by atoms with Gasteiger partial charge in [0.25, 0.3) is 5.69 Å². The first-order valence-electron chi connectivity index (χ1n) is 8.93. The molecule has 0 saturated heterocycles. The van der Waals surface area contributed by atoms with E-state index >= 15 is 0 Å². The van der Waals surface area contributed by atoms with Crippen LogP contribution in [0.4, 0.5) is 5.69 Å². The predicted octanol–water partition coefficient (Wildman–Crippen LogP) is 3.87. The van der Waals surface area contributed by atoms with Crippen molar-refractivity contribution in [2.24, 2.45) is 5.10 Å². The molecule has 0 unspecified atom stereocenters. The molecule has 0 atom stereocenters. The van der Waals surface area contributed by atoms with E-state index in [9.17, 15) is 14.9 Å². The van der Waals surface area contributed by atoms with Gasteiger partial charge >= 0.3 is 0 Å². The number of nitrogens with zero attached hydrogens (tertiary/aromatic N) is 2. The fraction of sp³-hybridized carbons (Fsp3) is 0.0909. The normalized spacial score (nSPS) is 10.6. The average Bonchev–Trinajstić information content (AvgIpc) is 2.74. The second-order valence-electron chi connectivity index (χ2n) is 6.21. The zero-order valence-electron chi connectivity index (χ0n) is 15.5. The Morgan fingerprint density at radius 2 is 1.66 bits per heavy atom. The number of rotatable bonds is 8. The summed E-state index contributed by atoms with van der Waals surface area (Å²) in [6, 6.07) is 22.9. The molecule has 0 bridgehead atoms. The van der Waals surface area contributed by atoms with E-state index in [1.165, 1.54) is 18.3 Å². The van der Waals surface area contributed by atoms with Crippen molar-refractivity contribution >= 4 is 17.8 Å². The summed E-state index contributed by atoms with van der Waals surface area (Å²) in [5.41, 5.74) is 4.96. The zero-order chi connectivity index (χ0) is 20.5. The topological polar surface area (TPSA) is 93.8 Å². The van der Waals surface area contributed by atoms with Crippen LogP contribution in [0.15, 0.2) is 84.0 Å². The minimum atomic E-state index is -0.442. The van der Waals surface area contributed by atoms with Crippen molar-refractivity contribution in [2.45, 2.75) is 13.0 Å². The third kappa shape index (κ3) is 6.00. The maximum atomic E-state index is 12.0. The van der Waals surface area contributed by atoms with Crippen molar-refractivity contribution in [2.75, 3.05) is 0 Å². The van der Waals surface area contributed by atoms with Crippen molar-refractivity contribution < 1.29 is 14.5 Å². The molecule has 3 rings (SSSR count). The molecule has 146 valence electrons. The number of non-ortho nitro benzene ring substituents is 1. The van der Waals surface area contributed by atoms with Crippen LogP contribution >= 0.6 is 0 Å². The molecule has 0 saturated carbocycles. The fourth-order valence-corrected chi connectivity index (χ4v) is 2.59. The molecule has 0 spiro atoms. The van der Waals surface area contributed by atoms with Crippen LogP contribution in [0.2, 0.25) is 0 Å². The first-order valence-corrected chi connectivity index (χ1v) is 8.93. The summed E-state index contributed by atoms with van der Waals surface area (Å²) in [5.74, 6) is 0.378. The molecule has 0 fully saturated rings. The Morgan fingerprint density at radius 3 is 2.38 bits per heavy atom. The number of benzene rings is 3. The Hall–Kier alpha value is -4.00. The van der Waals surface area contributed by atoms with Crippen LogP contribution in [0.1, 0.15) is 16.7 Å². The van der Waals surface area contributed by atoms with E-state index in [0.717, 1.165) is 11.1 Å². The molecular formula is C22H19N3O4. The van der Waals surface area contributed by atoms with Crippen molar-refractivity contribution in [1.29, 1.82) is 0 Å². The highest BCUT2D eigenvalue weighted by Gasteiger charge is 2.06. The lowest BCUT2D eigenvalue weighted by Crippen LogP contribution is -2.19. The Kier molecular flexibility index (Phi) is 6.67. The van der Waals surface area contributed by atoms with Gasteiger partial charge in [0, 0.05) is 17.7 Å². The molecule has 7 nitrogen and oxygen atoms in total. The van der Waals surface area contributed by atoms with Gasteiger partial charge in [0.05, 0.1) is 17.6 Å². The summed E-state index contributed by atoms with van der Waals surface area (Å²) in [5, 5.41) is 14.7. The summed E-state index contributed by atoms with van der Waals surface area (Å²) in [7, 11) is 0. The van der Waals surface area contributed by atoms with E-state index in [-0.39, 0.29) is 24.6 Å². The van der Waals surface area contributed by atoms with Gasteiger partial charge in [-0.3, -0.25) is 14.9 Å². The molecule has 0 aromatic heterocycles. The van der Waals surface area contributed by atoms with Gasteiger partial charge < -0.3 is 4.74 Å². The molecule has 1 N–H and O–H groups in total. The molecule has 3 aromatic carbocycles. The van der Waals surface area contributed by atoms with Crippen LogP contribution in [0.25, 0.3) is 0 Å². The molecule has 1 amide bonds. The van der Waals surface area contributed by atoms with E-state index in [2.05, 4.69) is 10.5 Å². The van der Waals surface area contributed by atoms with Crippen molar-refractivity contribution in [1.82, 2.24) is 5.43 Å². The van der Waals surface area contributed by atoms with Crippen LogP contribution in [0, 0.1) is 10.1 Å². The number of carbonyl (C=O) groups is 1. The Labute approximate surface area is 167 Å². The molecule has 3 aromatic rings. The van der Waals surface area contributed by atoms with Crippen molar-refractivity contribution in [3.05, 3.63) is 106 Å². The van der Waals surface area contributed by atoms with E-state index in [1.807, 2.05) is 48.5 Å². The molecular weight excluding hydrogens is 370 g/mol. The summed E-state index contributed by atoms with van der Waals surface area (Å²) in [6.45, 7) is 0.253. The fourth-order valence-electron chi connectivity index (χ4n) is 2.59. The minimum Gasteiger partial charge on any atom is -0.488 e. The van der Waals surface area contributed by atoms with E-state index in [4.69, 9.17) is 4.74 Å². The van der Waals surface area contributed by atoms with Gasteiger partial charge in [0.1, 0.15) is 12.4 Å². The number of nitro benzene ring substituents is 1. The van der Waals surface area contributed by atoms with Crippen LogP contribution in [-0.4, -0.2) is 17.0 Å². The van der Waals surface area contributed by atoms with Gasteiger partial charge in [0.2, 0.25) is 5.91 Å². The Morgan fingerprint density at radius 1 is 0.966 bits per heavy atom. The SMILES string of the molecule is O=C(Cc1ccccc1)N/N=C\c1ccccc1OCc1ccc([N+](=O)[O-])cc1. The first-order chi connectivity index (χ1) is 14.1. The number of hydrazone groups is 1. The summed E-state index contributed by atoms with van der Waals surface area (Å²) in [4.78, 5) is 22.2. The molecule has 0 aliphatic rings. The highest BCUT2D eigenvalue weighted by Crippen LogP contribution is 2.19. The second-order valence-corrected chi connectivity index (χ2v) is 6.21. The third-order valence-corrected chi connectivity index (χ3v) is 4.06. The van der Waals surface area contributed by atoms with Gasteiger partial charge in [-0.2, -0.15) is 5.10 Å². The number of nitro groups is 1. The quantitative estimate of drug-likeness (QED) is 0.359. The number of hydrogen-bond acceptors (Lipinski definition) is 5. The Bertz CT molecular complexity index is 1000. The molecule has 0 aliphatic carbocycles. The lowest BCUT2D eigenvalue weighted by Gasteiger charge is -2.09. The van der Waals surface area contributed by atoms with Crippen molar-refractivity contribution in [3.8, 4) is 5.75 Å². The monoisotopic (exact) mass is 389 g/mol. The lowest BCUT2D eigenvalue weighted by molar-refractivity contribution is -0.384. The maximum Gasteiger partial charge on any atom is 0.269 e. The van der Waals surface area contributed by atoms with E-state index in [1.54, 1.807) is 18.2 Å². The highest BCUT2D eigenvalue weighted by molar-refractivity contribution is 5.85. The number of nitrogens with one attached hydrogen (secondary N) is 1. The maximum absolute atomic E-state index is 12.0. The summed E-state index contributed by atoms with van der Waals surface area (Å²) >= 11 is 0. The molecule has 29 heavy (non-hydrogen) atoms. The number of ether oxygens (including phenoxy) is 1. The van der Waals surface area contributed by atoms with Crippen LogP contribution in [0.5, 0.6) is 5.75 Å². The van der Waals surface area contributed by atoms with Crippen LogP contribution in [-0.2, 0) is 17.8 Å². The van der Waals surface area contributed by atoms with E-state index in [0.29, 0.717) is 11.3 Å². The first kappa shape index (κ1) is 19.8. The Balaban J connectivity index is 1.57. The smallest absolute Gasteiger partial charge is 0.269 e. The number of hydrogen-bond donors (Lipinski definition) is 1. The minimum absolute atomic E-state index is 0.0347. The summed E-state index contributed by atoms with van der Waals surface area (Å²) in [6.07, 6.45) is 1.77. The van der Waals surface area contributed by atoms with Gasteiger partial charge in [-0.25, -0.2) is 5.43 Å². The van der Waals surface area contributed by atoms with Crippen molar-refractivity contribution in [3.63, 3.8) is 0 Å². The largest absolute Gasteiger partial charge is 0.488 e. The van der Waals surface area contributed by atoms with Gasteiger partial charge in [-0.1, -0.05) is 42.5 Å².